The molecule has 1 aliphatic carbocycles. The second-order valence-corrected chi connectivity index (χ2v) is 7.44. The Hall–Kier alpha value is -2.63. The quantitative estimate of drug-likeness (QED) is 0.764. The van der Waals surface area contributed by atoms with Crippen LogP contribution in [0.15, 0.2) is 22.7 Å². The standard InChI is InChI=1S/C20H22N4O2/c1-12-8-9-15-16(11-12)22-19(21-15)17-7-4-10-24(17)20(25)18-13-5-2-3-6-14(13)23-26-18/h8-9,11,17H,2-7,10H2,1H3,(H,21,22)/t17-/m0/s1. The lowest BCUT2D eigenvalue weighted by molar-refractivity contribution is 0.0686. The van der Waals surface area contributed by atoms with Gasteiger partial charge in [0.25, 0.3) is 5.91 Å². The minimum Gasteiger partial charge on any atom is -0.350 e. The topological polar surface area (TPSA) is 75.0 Å². The van der Waals surface area contributed by atoms with Crippen molar-refractivity contribution >= 4 is 16.9 Å². The third-order valence-electron chi connectivity index (χ3n) is 5.64. The molecule has 3 heterocycles. The van der Waals surface area contributed by atoms with Crippen molar-refractivity contribution in [1.82, 2.24) is 20.0 Å². The maximum absolute atomic E-state index is 13.2. The van der Waals surface area contributed by atoms with Gasteiger partial charge >= 0.3 is 0 Å². The van der Waals surface area contributed by atoms with Gasteiger partial charge in [0, 0.05) is 12.1 Å². The summed E-state index contributed by atoms with van der Waals surface area (Å²) in [6.45, 7) is 2.80. The molecule has 1 N–H and O–H groups in total. The Labute approximate surface area is 151 Å². The van der Waals surface area contributed by atoms with E-state index in [-0.39, 0.29) is 11.9 Å². The number of carbonyl (C=O) groups is 1. The lowest BCUT2D eigenvalue weighted by Crippen LogP contribution is -2.31. The zero-order valence-electron chi connectivity index (χ0n) is 14.9. The SMILES string of the molecule is Cc1ccc2nc([C@@H]3CCCN3C(=O)c3onc4c3CCCC4)[nH]c2c1. The molecule has 0 saturated carbocycles. The van der Waals surface area contributed by atoms with Gasteiger partial charge in [0.05, 0.1) is 22.8 Å². The van der Waals surface area contributed by atoms with E-state index in [9.17, 15) is 4.79 Å². The molecule has 0 spiro atoms. The molecule has 5 rings (SSSR count). The first-order valence-corrected chi connectivity index (χ1v) is 9.45. The lowest BCUT2D eigenvalue weighted by atomic mass is 9.96. The summed E-state index contributed by atoms with van der Waals surface area (Å²) < 4.78 is 5.48. The fourth-order valence-electron chi connectivity index (χ4n) is 4.28. The monoisotopic (exact) mass is 350 g/mol. The van der Waals surface area contributed by atoms with Gasteiger partial charge in [-0.1, -0.05) is 11.2 Å². The number of carbonyl (C=O) groups excluding carboxylic acids is 1. The summed E-state index contributed by atoms with van der Waals surface area (Å²) >= 11 is 0. The van der Waals surface area contributed by atoms with Gasteiger partial charge in [-0.05, 0) is 63.1 Å². The number of aromatic amines is 1. The largest absolute Gasteiger partial charge is 0.350 e. The molecule has 26 heavy (non-hydrogen) atoms. The number of nitrogens with one attached hydrogen (secondary N) is 1. The Morgan fingerprint density at radius 2 is 2.15 bits per heavy atom. The highest BCUT2D eigenvalue weighted by molar-refractivity contribution is 5.93. The van der Waals surface area contributed by atoms with Gasteiger partial charge < -0.3 is 14.4 Å². The Morgan fingerprint density at radius 3 is 3.08 bits per heavy atom. The highest BCUT2D eigenvalue weighted by atomic mass is 16.5. The molecule has 2 aromatic heterocycles. The van der Waals surface area contributed by atoms with Gasteiger partial charge in [0.1, 0.15) is 5.82 Å². The first kappa shape index (κ1) is 15.6. The summed E-state index contributed by atoms with van der Waals surface area (Å²) in [7, 11) is 0. The van der Waals surface area contributed by atoms with Crippen LogP contribution in [-0.2, 0) is 12.8 Å². The van der Waals surface area contributed by atoms with E-state index in [0.29, 0.717) is 5.76 Å². The van der Waals surface area contributed by atoms with Gasteiger partial charge in [0.2, 0.25) is 5.76 Å². The van der Waals surface area contributed by atoms with Gasteiger partial charge in [-0.15, -0.1) is 0 Å². The van der Waals surface area contributed by atoms with E-state index in [1.165, 1.54) is 5.56 Å². The molecule has 6 nitrogen and oxygen atoms in total. The van der Waals surface area contributed by atoms with Crippen molar-refractivity contribution in [2.24, 2.45) is 0 Å². The zero-order chi connectivity index (χ0) is 17.7. The Kier molecular flexibility index (Phi) is 3.58. The molecule has 6 heteroatoms. The predicted molar refractivity (Wildman–Crippen MR) is 97.0 cm³/mol. The van der Waals surface area contributed by atoms with Crippen LogP contribution in [0.2, 0.25) is 0 Å². The van der Waals surface area contributed by atoms with Crippen molar-refractivity contribution in [2.45, 2.75) is 51.5 Å². The third kappa shape index (κ3) is 2.43. The number of H-pyrrole nitrogens is 1. The lowest BCUT2D eigenvalue weighted by Gasteiger charge is -2.22. The normalized spacial score (nSPS) is 19.9. The van der Waals surface area contributed by atoms with Crippen LogP contribution in [0.3, 0.4) is 0 Å². The predicted octanol–water partition coefficient (Wildman–Crippen LogP) is 3.72. The first-order chi connectivity index (χ1) is 12.7. The molecule has 2 aliphatic rings. The van der Waals surface area contributed by atoms with Crippen LogP contribution in [0.25, 0.3) is 11.0 Å². The number of fused-ring (bicyclic) bond motifs is 2. The van der Waals surface area contributed by atoms with Crippen LogP contribution in [0.5, 0.6) is 0 Å². The summed E-state index contributed by atoms with van der Waals surface area (Å²) in [4.78, 5) is 23.2. The van der Waals surface area contributed by atoms with Crippen molar-refractivity contribution < 1.29 is 9.32 Å². The van der Waals surface area contributed by atoms with Crippen molar-refractivity contribution in [1.29, 1.82) is 0 Å². The van der Waals surface area contributed by atoms with E-state index in [1.54, 1.807) is 0 Å². The third-order valence-corrected chi connectivity index (χ3v) is 5.64. The minimum absolute atomic E-state index is 0.0282. The number of nitrogens with zero attached hydrogens (tertiary/aromatic N) is 3. The average molecular weight is 350 g/mol. The van der Waals surface area contributed by atoms with Crippen molar-refractivity contribution in [2.75, 3.05) is 6.54 Å². The van der Waals surface area contributed by atoms with Crippen LogP contribution in [-0.4, -0.2) is 32.5 Å². The van der Waals surface area contributed by atoms with Crippen LogP contribution in [0.4, 0.5) is 0 Å². The fourth-order valence-corrected chi connectivity index (χ4v) is 4.28. The summed E-state index contributed by atoms with van der Waals surface area (Å²) in [6, 6.07) is 6.16. The van der Waals surface area contributed by atoms with E-state index in [4.69, 9.17) is 9.51 Å². The Bertz CT molecular complexity index is 987. The number of rotatable bonds is 2. The number of amides is 1. The molecule has 1 aliphatic heterocycles. The minimum atomic E-state index is -0.0419. The van der Waals surface area contributed by atoms with Crippen LogP contribution in [0.1, 0.15) is 64.9 Å². The van der Waals surface area contributed by atoms with Crippen LogP contribution < -0.4 is 0 Å². The molecule has 0 unspecified atom stereocenters. The van der Waals surface area contributed by atoms with Crippen LogP contribution >= 0.6 is 0 Å². The molecule has 1 saturated heterocycles. The Morgan fingerprint density at radius 1 is 1.27 bits per heavy atom. The first-order valence-electron chi connectivity index (χ1n) is 9.45. The van der Waals surface area contributed by atoms with E-state index < -0.39 is 0 Å². The van der Waals surface area contributed by atoms with E-state index in [1.807, 2.05) is 11.0 Å². The van der Waals surface area contributed by atoms with Gasteiger partial charge in [0.15, 0.2) is 0 Å². The number of benzene rings is 1. The number of imidazole rings is 1. The molecule has 134 valence electrons. The molecule has 0 bridgehead atoms. The summed E-state index contributed by atoms with van der Waals surface area (Å²) in [5.74, 6) is 1.27. The zero-order valence-corrected chi connectivity index (χ0v) is 14.9. The summed E-state index contributed by atoms with van der Waals surface area (Å²) in [5.41, 5.74) is 5.15. The molecule has 3 aromatic rings. The molecular weight excluding hydrogens is 328 g/mol. The number of likely N-dealkylation sites (tertiary alicyclic amines) is 1. The Balaban J connectivity index is 1.48. The van der Waals surface area contributed by atoms with Crippen molar-refractivity contribution in [3.05, 3.63) is 46.6 Å². The molecule has 1 amide bonds. The second-order valence-electron chi connectivity index (χ2n) is 7.44. The molecule has 1 aromatic carbocycles. The molecular formula is C20H22N4O2. The second kappa shape index (κ2) is 5.97. The average Bonchev–Trinajstić information content (AvgIpc) is 3.37. The van der Waals surface area contributed by atoms with Gasteiger partial charge in [-0.3, -0.25) is 4.79 Å². The van der Waals surface area contributed by atoms with Crippen LogP contribution in [0, 0.1) is 6.92 Å². The number of aryl methyl sites for hydroxylation is 2. The van der Waals surface area contributed by atoms with Crippen molar-refractivity contribution in [3.8, 4) is 0 Å². The van der Waals surface area contributed by atoms with E-state index in [2.05, 4.69) is 29.2 Å². The van der Waals surface area contributed by atoms with E-state index in [0.717, 1.165) is 73.2 Å². The maximum atomic E-state index is 13.2. The van der Waals surface area contributed by atoms with Gasteiger partial charge in [-0.2, -0.15) is 0 Å². The van der Waals surface area contributed by atoms with Crippen molar-refractivity contribution in [3.63, 3.8) is 0 Å². The number of hydrogen-bond acceptors (Lipinski definition) is 4. The fraction of sp³-hybridized carbons (Fsp3) is 0.450. The smallest absolute Gasteiger partial charge is 0.293 e. The number of aromatic nitrogens is 3. The highest BCUT2D eigenvalue weighted by Gasteiger charge is 2.36. The highest BCUT2D eigenvalue weighted by Crippen LogP contribution is 2.34. The number of hydrogen-bond donors (Lipinski definition) is 1. The molecule has 0 radical (unpaired) electrons. The molecule has 1 fully saturated rings. The van der Waals surface area contributed by atoms with E-state index >= 15 is 0 Å². The molecule has 1 atom stereocenters. The van der Waals surface area contributed by atoms with Gasteiger partial charge in [-0.25, -0.2) is 4.98 Å². The summed E-state index contributed by atoms with van der Waals surface area (Å²) in [6.07, 6.45) is 5.92. The summed E-state index contributed by atoms with van der Waals surface area (Å²) in [5, 5.41) is 4.15. The maximum Gasteiger partial charge on any atom is 0.293 e.